The number of carbonyl (C=O) groups excluding carboxylic acids is 1. The molecule has 9 heteroatoms. The molecule has 0 saturated heterocycles. The van der Waals surface area contributed by atoms with Gasteiger partial charge >= 0.3 is 0 Å². The number of nitrogens with zero attached hydrogens (tertiary/aromatic N) is 3. The number of hydrogen-bond donors (Lipinski definition) is 1. The van der Waals surface area contributed by atoms with Crippen LogP contribution in [0.3, 0.4) is 0 Å². The molecule has 106 valence electrons. The first-order chi connectivity index (χ1) is 9.97. The molecule has 9 nitrogen and oxygen atoms in total. The molecule has 1 aromatic heterocycles. The predicted molar refractivity (Wildman–Crippen MR) is 71.9 cm³/mol. The SMILES string of the molecule is O=C(Nc1ccccn1)c1cc([N+](=O)[O-])cc([N+](=O)[O-])c1. The highest BCUT2D eigenvalue weighted by Crippen LogP contribution is 2.23. The summed E-state index contributed by atoms with van der Waals surface area (Å²) in [6.45, 7) is 0. The fourth-order valence-corrected chi connectivity index (χ4v) is 1.56. The molecule has 0 bridgehead atoms. The molecule has 0 atom stereocenters. The standard InChI is InChI=1S/C12H8N4O5/c17-12(14-11-3-1-2-4-13-11)8-5-9(15(18)19)7-10(6-8)16(20)21/h1-7H,(H,13,14,17). The zero-order chi connectivity index (χ0) is 15.4. The number of benzene rings is 1. The van der Waals surface area contributed by atoms with Gasteiger partial charge in [0.2, 0.25) is 0 Å². The van der Waals surface area contributed by atoms with Crippen molar-refractivity contribution in [3.63, 3.8) is 0 Å². The Hall–Kier alpha value is -3.36. The van der Waals surface area contributed by atoms with Gasteiger partial charge in [-0.25, -0.2) is 4.98 Å². The van der Waals surface area contributed by atoms with Crippen molar-refractivity contribution in [3.8, 4) is 0 Å². The van der Waals surface area contributed by atoms with Crippen LogP contribution < -0.4 is 5.32 Å². The summed E-state index contributed by atoms with van der Waals surface area (Å²) in [7, 11) is 0. The zero-order valence-corrected chi connectivity index (χ0v) is 10.4. The maximum Gasteiger partial charge on any atom is 0.277 e. The molecular weight excluding hydrogens is 280 g/mol. The number of aromatic nitrogens is 1. The van der Waals surface area contributed by atoms with Crippen LogP contribution in [0.1, 0.15) is 10.4 Å². The Morgan fingerprint density at radius 3 is 2.14 bits per heavy atom. The lowest BCUT2D eigenvalue weighted by Crippen LogP contribution is -2.13. The molecule has 0 fully saturated rings. The maximum atomic E-state index is 12.0. The normalized spacial score (nSPS) is 9.90. The summed E-state index contributed by atoms with van der Waals surface area (Å²) >= 11 is 0. The van der Waals surface area contributed by atoms with Crippen LogP contribution in [0.25, 0.3) is 0 Å². The number of rotatable bonds is 4. The smallest absolute Gasteiger partial charge is 0.277 e. The van der Waals surface area contributed by atoms with E-state index in [0.717, 1.165) is 18.2 Å². The summed E-state index contributed by atoms with van der Waals surface area (Å²) in [5.41, 5.74) is -1.26. The van der Waals surface area contributed by atoms with Gasteiger partial charge in [-0.05, 0) is 12.1 Å². The Morgan fingerprint density at radius 1 is 1.05 bits per heavy atom. The van der Waals surface area contributed by atoms with Crippen LogP contribution in [-0.2, 0) is 0 Å². The van der Waals surface area contributed by atoms with E-state index >= 15 is 0 Å². The van der Waals surface area contributed by atoms with E-state index in [0.29, 0.717) is 0 Å². The quantitative estimate of drug-likeness (QED) is 0.677. The maximum absolute atomic E-state index is 12.0. The van der Waals surface area contributed by atoms with E-state index in [1.165, 1.54) is 12.3 Å². The number of nitrogens with one attached hydrogen (secondary N) is 1. The van der Waals surface area contributed by atoms with Gasteiger partial charge in [-0.2, -0.15) is 0 Å². The third-order valence-corrected chi connectivity index (χ3v) is 2.49. The lowest BCUT2D eigenvalue weighted by atomic mass is 10.1. The molecule has 0 radical (unpaired) electrons. The van der Waals surface area contributed by atoms with Gasteiger partial charge in [0, 0.05) is 18.3 Å². The monoisotopic (exact) mass is 288 g/mol. The number of hydrogen-bond acceptors (Lipinski definition) is 6. The molecular formula is C12H8N4O5. The molecule has 0 saturated carbocycles. The van der Waals surface area contributed by atoms with Crippen molar-refractivity contribution in [3.05, 3.63) is 68.4 Å². The summed E-state index contributed by atoms with van der Waals surface area (Å²) < 4.78 is 0. The lowest BCUT2D eigenvalue weighted by molar-refractivity contribution is -0.394. The first-order valence-electron chi connectivity index (χ1n) is 5.63. The van der Waals surface area contributed by atoms with Gasteiger partial charge in [0.05, 0.1) is 21.5 Å². The highest BCUT2D eigenvalue weighted by atomic mass is 16.6. The summed E-state index contributed by atoms with van der Waals surface area (Å²) in [5, 5.41) is 23.9. The first-order valence-corrected chi connectivity index (χ1v) is 5.63. The molecule has 1 amide bonds. The van der Waals surface area contributed by atoms with Crippen LogP contribution in [0.4, 0.5) is 17.2 Å². The molecule has 0 unspecified atom stereocenters. The van der Waals surface area contributed by atoms with Crippen LogP contribution >= 0.6 is 0 Å². The van der Waals surface area contributed by atoms with Crippen LogP contribution in [0.5, 0.6) is 0 Å². The van der Waals surface area contributed by atoms with Crippen molar-refractivity contribution in [2.75, 3.05) is 5.32 Å². The van der Waals surface area contributed by atoms with Crippen molar-refractivity contribution < 1.29 is 14.6 Å². The first kappa shape index (κ1) is 14.1. The lowest BCUT2D eigenvalue weighted by Gasteiger charge is -2.04. The number of amides is 1. The minimum Gasteiger partial charge on any atom is -0.307 e. The Labute approximate surface area is 117 Å². The van der Waals surface area contributed by atoms with Crippen LogP contribution in [0.15, 0.2) is 42.6 Å². The van der Waals surface area contributed by atoms with E-state index in [-0.39, 0.29) is 11.4 Å². The number of nitro groups is 2. The van der Waals surface area contributed by atoms with Gasteiger partial charge < -0.3 is 5.32 Å². The van der Waals surface area contributed by atoms with Crippen molar-refractivity contribution in [2.24, 2.45) is 0 Å². The molecule has 0 aliphatic heterocycles. The fourth-order valence-electron chi connectivity index (χ4n) is 1.56. The molecule has 2 rings (SSSR count). The molecule has 1 N–H and O–H groups in total. The van der Waals surface area contributed by atoms with Gasteiger partial charge in [0.25, 0.3) is 17.3 Å². The second-order valence-electron chi connectivity index (χ2n) is 3.92. The van der Waals surface area contributed by atoms with Gasteiger partial charge in [-0.1, -0.05) is 6.07 Å². The summed E-state index contributed by atoms with van der Waals surface area (Å²) in [6.07, 6.45) is 1.45. The predicted octanol–water partition coefficient (Wildman–Crippen LogP) is 2.15. The van der Waals surface area contributed by atoms with Gasteiger partial charge in [-0.3, -0.25) is 25.0 Å². The average Bonchev–Trinajstić information content (AvgIpc) is 2.47. The summed E-state index contributed by atoms with van der Waals surface area (Å²) in [5.74, 6) is -0.489. The average molecular weight is 288 g/mol. The summed E-state index contributed by atoms with van der Waals surface area (Å²) in [4.78, 5) is 35.7. The minimum absolute atomic E-state index is 0.193. The van der Waals surface area contributed by atoms with Gasteiger partial charge in [0.15, 0.2) is 0 Å². The van der Waals surface area contributed by atoms with E-state index < -0.39 is 27.1 Å². The third kappa shape index (κ3) is 3.35. The second-order valence-corrected chi connectivity index (χ2v) is 3.92. The van der Waals surface area contributed by atoms with E-state index in [9.17, 15) is 25.0 Å². The van der Waals surface area contributed by atoms with Crippen LogP contribution in [-0.4, -0.2) is 20.7 Å². The molecule has 0 aliphatic carbocycles. The van der Waals surface area contributed by atoms with Crippen LogP contribution in [0.2, 0.25) is 0 Å². The van der Waals surface area contributed by atoms with Crippen molar-refractivity contribution in [1.29, 1.82) is 0 Å². The van der Waals surface area contributed by atoms with Crippen molar-refractivity contribution in [2.45, 2.75) is 0 Å². The van der Waals surface area contributed by atoms with Gasteiger partial charge in [0.1, 0.15) is 5.82 Å². The van der Waals surface area contributed by atoms with Crippen molar-refractivity contribution in [1.82, 2.24) is 4.98 Å². The van der Waals surface area contributed by atoms with E-state index in [1.54, 1.807) is 12.1 Å². The number of anilines is 1. The topological polar surface area (TPSA) is 128 Å². The molecule has 1 heterocycles. The Bertz CT molecular complexity index is 685. The molecule has 21 heavy (non-hydrogen) atoms. The van der Waals surface area contributed by atoms with E-state index in [1.807, 2.05) is 0 Å². The number of nitro benzene ring substituents is 2. The fraction of sp³-hybridized carbons (Fsp3) is 0. The molecule has 0 spiro atoms. The molecule has 2 aromatic rings. The zero-order valence-electron chi connectivity index (χ0n) is 10.4. The summed E-state index contributed by atoms with van der Waals surface area (Å²) in [6, 6.07) is 7.52. The highest BCUT2D eigenvalue weighted by molar-refractivity contribution is 6.04. The van der Waals surface area contributed by atoms with E-state index in [2.05, 4.69) is 10.3 Å². The van der Waals surface area contributed by atoms with Crippen molar-refractivity contribution >= 4 is 23.1 Å². The Balaban J connectivity index is 2.36. The van der Waals surface area contributed by atoms with Gasteiger partial charge in [-0.15, -0.1) is 0 Å². The molecule has 1 aromatic carbocycles. The third-order valence-electron chi connectivity index (χ3n) is 2.49. The molecule has 0 aliphatic rings. The number of carbonyl (C=O) groups is 1. The number of non-ortho nitro benzene ring substituents is 2. The van der Waals surface area contributed by atoms with E-state index in [4.69, 9.17) is 0 Å². The second kappa shape index (κ2) is 5.74. The number of pyridine rings is 1. The Kier molecular flexibility index (Phi) is 3.84. The largest absolute Gasteiger partial charge is 0.307 e. The minimum atomic E-state index is -0.801. The van der Waals surface area contributed by atoms with Crippen LogP contribution in [0, 0.1) is 20.2 Å². The highest BCUT2D eigenvalue weighted by Gasteiger charge is 2.20. The Morgan fingerprint density at radius 2 is 1.67 bits per heavy atom.